The van der Waals surface area contributed by atoms with Crippen LogP contribution in [0.4, 0.5) is 0 Å². The first-order valence-corrected chi connectivity index (χ1v) is 6.55. The number of nitrogens with one attached hydrogen (secondary N) is 1. The van der Waals surface area contributed by atoms with Crippen LogP contribution in [0, 0.1) is 11.8 Å². The minimum absolute atomic E-state index is 0.0128. The Labute approximate surface area is 118 Å². The molecule has 2 N–H and O–H groups in total. The molecule has 1 amide bonds. The Kier molecular flexibility index (Phi) is 4.38. The van der Waals surface area contributed by atoms with Crippen LogP contribution in [0.25, 0.3) is 0 Å². The summed E-state index contributed by atoms with van der Waals surface area (Å²) in [7, 11) is 0. The molecule has 20 heavy (non-hydrogen) atoms. The molecule has 5 heteroatoms. The number of amides is 1. The van der Waals surface area contributed by atoms with E-state index >= 15 is 0 Å². The zero-order chi connectivity index (χ0) is 14.6. The first-order chi connectivity index (χ1) is 9.55. The van der Waals surface area contributed by atoms with Crippen LogP contribution in [0.3, 0.4) is 0 Å². The number of ether oxygens (including phenoxy) is 1. The van der Waals surface area contributed by atoms with E-state index in [9.17, 15) is 4.79 Å². The van der Waals surface area contributed by atoms with E-state index in [1.807, 2.05) is 13.8 Å². The summed E-state index contributed by atoms with van der Waals surface area (Å²) < 4.78 is 5.49. The second-order valence-electron chi connectivity index (χ2n) is 5.03. The first-order valence-electron chi connectivity index (χ1n) is 6.55. The monoisotopic (exact) mass is 274 g/mol. The van der Waals surface area contributed by atoms with Crippen LogP contribution in [0.2, 0.25) is 0 Å². The first kappa shape index (κ1) is 14.5. The van der Waals surface area contributed by atoms with Crippen molar-refractivity contribution < 1.29 is 14.6 Å². The molecule has 1 fully saturated rings. The molecule has 0 radical (unpaired) electrons. The van der Waals surface area contributed by atoms with E-state index in [2.05, 4.69) is 22.1 Å². The van der Waals surface area contributed by atoms with Gasteiger partial charge in [0.15, 0.2) is 0 Å². The topological polar surface area (TPSA) is 71.5 Å². The van der Waals surface area contributed by atoms with E-state index in [0.29, 0.717) is 17.9 Å². The molecule has 1 aromatic heterocycles. The molecular weight excluding hydrogens is 256 g/mol. The number of aromatic nitrogens is 1. The molecule has 5 nitrogen and oxygen atoms in total. The number of nitrogens with zero attached hydrogens (tertiary/aromatic N) is 1. The van der Waals surface area contributed by atoms with Crippen LogP contribution in [0.1, 0.15) is 36.3 Å². The highest BCUT2D eigenvalue weighted by atomic mass is 16.5. The van der Waals surface area contributed by atoms with Crippen molar-refractivity contribution in [3.63, 3.8) is 0 Å². The van der Waals surface area contributed by atoms with Gasteiger partial charge >= 0.3 is 0 Å². The number of pyridine rings is 1. The number of rotatable bonds is 2. The highest BCUT2D eigenvalue weighted by Crippen LogP contribution is 2.25. The molecule has 0 aliphatic carbocycles. The van der Waals surface area contributed by atoms with Crippen LogP contribution in [0.5, 0.6) is 0 Å². The Hall–Kier alpha value is -1.90. The summed E-state index contributed by atoms with van der Waals surface area (Å²) in [5, 5.41) is 11.6. The van der Waals surface area contributed by atoms with Gasteiger partial charge in [0.2, 0.25) is 0 Å². The maximum atomic E-state index is 12.2. The van der Waals surface area contributed by atoms with Crippen molar-refractivity contribution in [2.45, 2.75) is 31.9 Å². The summed E-state index contributed by atoms with van der Waals surface area (Å²) in [6.07, 6.45) is 2.30. The van der Waals surface area contributed by atoms with Crippen LogP contribution >= 0.6 is 0 Å². The van der Waals surface area contributed by atoms with E-state index < -0.39 is 0 Å². The molecule has 0 aromatic carbocycles. The number of carbonyl (C=O) groups excluding carboxylic acids is 1. The summed E-state index contributed by atoms with van der Waals surface area (Å²) in [5.74, 6) is 5.05. The fourth-order valence-electron chi connectivity index (χ4n) is 2.07. The Morgan fingerprint density at radius 2 is 2.45 bits per heavy atom. The van der Waals surface area contributed by atoms with Crippen molar-refractivity contribution >= 4 is 5.91 Å². The smallest absolute Gasteiger partial charge is 0.270 e. The van der Waals surface area contributed by atoms with E-state index in [1.54, 1.807) is 12.1 Å². The third kappa shape index (κ3) is 3.16. The Morgan fingerprint density at radius 1 is 1.65 bits per heavy atom. The molecule has 1 aliphatic rings. The van der Waals surface area contributed by atoms with Crippen molar-refractivity contribution in [3.05, 3.63) is 29.6 Å². The second-order valence-corrected chi connectivity index (χ2v) is 5.03. The number of hydrogen-bond donors (Lipinski definition) is 2. The van der Waals surface area contributed by atoms with E-state index in [0.717, 1.165) is 6.42 Å². The van der Waals surface area contributed by atoms with Gasteiger partial charge < -0.3 is 15.2 Å². The van der Waals surface area contributed by atoms with Gasteiger partial charge in [-0.1, -0.05) is 11.8 Å². The van der Waals surface area contributed by atoms with Crippen LogP contribution in [-0.4, -0.2) is 40.9 Å². The zero-order valence-electron chi connectivity index (χ0n) is 11.6. The SMILES string of the molecule is CC1OCCC1(C)NC(=O)c1ccc(C#CCO)cn1. The third-order valence-electron chi connectivity index (χ3n) is 3.59. The largest absolute Gasteiger partial charge is 0.384 e. The maximum absolute atomic E-state index is 12.2. The minimum atomic E-state index is -0.353. The minimum Gasteiger partial charge on any atom is -0.384 e. The van der Waals surface area contributed by atoms with Crippen molar-refractivity contribution in [3.8, 4) is 11.8 Å². The number of carbonyl (C=O) groups is 1. The molecule has 0 spiro atoms. The molecule has 2 heterocycles. The molecule has 2 atom stereocenters. The average molecular weight is 274 g/mol. The summed E-state index contributed by atoms with van der Waals surface area (Å²) in [5.41, 5.74) is 0.660. The molecule has 0 bridgehead atoms. The Balaban J connectivity index is 2.06. The predicted octanol–water partition coefficient (Wildman–Crippen LogP) is 0.723. The second kappa shape index (κ2) is 6.04. The Morgan fingerprint density at radius 3 is 3.00 bits per heavy atom. The van der Waals surface area contributed by atoms with E-state index in [4.69, 9.17) is 9.84 Å². The average Bonchev–Trinajstić information content (AvgIpc) is 2.76. The third-order valence-corrected chi connectivity index (χ3v) is 3.59. The predicted molar refractivity (Wildman–Crippen MR) is 74.1 cm³/mol. The number of hydrogen-bond acceptors (Lipinski definition) is 4. The molecule has 0 saturated carbocycles. The quantitative estimate of drug-likeness (QED) is 0.780. The van der Waals surface area contributed by atoms with Gasteiger partial charge in [0, 0.05) is 18.4 Å². The van der Waals surface area contributed by atoms with E-state index in [1.165, 1.54) is 6.20 Å². The van der Waals surface area contributed by atoms with Gasteiger partial charge in [-0.3, -0.25) is 4.79 Å². The number of aliphatic hydroxyl groups is 1. The van der Waals surface area contributed by atoms with Crippen LogP contribution in [0.15, 0.2) is 18.3 Å². The fraction of sp³-hybridized carbons (Fsp3) is 0.467. The van der Waals surface area contributed by atoms with E-state index in [-0.39, 0.29) is 24.2 Å². The van der Waals surface area contributed by atoms with Crippen LogP contribution < -0.4 is 5.32 Å². The maximum Gasteiger partial charge on any atom is 0.270 e. The Bertz CT molecular complexity index is 544. The van der Waals surface area contributed by atoms with Gasteiger partial charge in [-0.05, 0) is 32.4 Å². The van der Waals surface area contributed by atoms with Gasteiger partial charge in [-0.25, -0.2) is 4.98 Å². The van der Waals surface area contributed by atoms with Crippen molar-refractivity contribution in [2.24, 2.45) is 0 Å². The van der Waals surface area contributed by atoms with Gasteiger partial charge in [0.05, 0.1) is 11.6 Å². The summed E-state index contributed by atoms with van der Waals surface area (Å²) in [6, 6.07) is 3.34. The molecule has 2 unspecified atom stereocenters. The van der Waals surface area contributed by atoms with Crippen molar-refractivity contribution in [2.75, 3.05) is 13.2 Å². The molecule has 1 aliphatic heterocycles. The van der Waals surface area contributed by atoms with Crippen LogP contribution in [-0.2, 0) is 4.74 Å². The normalized spacial score (nSPS) is 24.9. The summed E-state index contributed by atoms with van der Waals surface area (Å²) in [4.78, 5) is 16.3. The lowest BCUT2D eigenvalue weighted by molar-refractivity contribution is 0.0724. The lowest BCUT2D eigenvalue weighted by Crippen LogP contribution is -2.50. The van der Waals surface area contributed by atoms with Crippen molar-refractivity contribution in [1.82, 2.24) is 10.3 Å². The summed E-state index contributed by atoms with van der Waals surface area (Å²) in [6.45, 7) is 4.39. The molecule has 1 aromatic rings. The van der Waals surface area contributed by atoms with Crippen molar-refractivity contribution in [1.29, 1.82) is 0 Å². The summed E-state index contributed by atoms with van der Waals surface area (Å²) >= 11 is 0. The fourth-order valence-corrected chi connectivity index (χ4v) is 2.07. The van der Waals surface area contributed by atoms with Gasteiger partial charge in [0.1, 0.15) is 12.3 Å². The lowest BCUT2D eigenvalue weighted by Gasteiger charge is -2.28. The zero-order valence-corrected chi connectivity index (χ0v) is 11.6. The molecular formula is C15H18N2O3. The molecule has 1 saturated heterocycles. The highest BCUT2D eigenvalue weighted by molar-refractivity contribution is 5.92. The molecule has 2 rings (SSSR count). The highest BCUT2D eigenvalue weighted by Gasteiger charge is 2.38. The standard InChI is InChI=1S/C15H18N2O3/c1-11-15(2,7-9-20-11)17-14(19)13-6-5-12(10-16-13)4-3-8-18/h5-6,10-11,18H,7-9H2,1-2H3,(H,17,19). The number of aliphatic hydroxyl groups excluding tert-OH is 1. The van der Waals surface area contributed by atoms with Gasteiger partial charge in [-0.2, -0.15) is 0 Å². The van der Waals surface area contributed by atoms with Gasteiger partial charge in [-0.15, -0.1) is 0 Å². The van der Waals surface area contributed by atoms with Gasteiger partial charge in [0.25, 0.3) is 5.91 Å². The molecule has 106 valence electrons. The lowest BCUT2D eigenvalue weighted by atomic mass is 9.94.